The van der Waals surface area contributed by atoms with Gasteiger partial charge in [-0.1, -0.05) is 17.0 Å². The van der Waals surface area contributed by atoms with Gasteiger partial charge in [-0.05, 0) is 41.5 Å². The van der Waals surface area contributed by atoms with Crippen molar-refractivity contribution in [2.24, 2.45) is 5.73 Å². The molecule has 0 bridgehead atoms. The Labute approximate surface area is 167 Å². The summed E-state index contributed by atoms with van der Waals surface area (Å²) in [7, 11) is -1.32. The van der Waals surface area contributed by atoms with Crippen LogP contribution in [0.2, 0.25) is 0 Å². The predicted octanol–water partition coefficient (Wildman–Crippen LogP) is 3.44. The summed E-state index contributed by atoms with van der Waals surface area (Å²) < 4.78 is 58.1. The second-order valence-electron chi connectivity index (χ2n) is 6.76. The van der Waals surface area contributed by atoms with E-state index in [1.807, 2.05) is 6.07 Å². The molecule has 0 fully saturated rings. The van der Waals surface area contributed by atoms with Gasteiger partial charge in [0, 0.05) is 23.4 Å². The molecule has 3 atom stereocenters. The average molecular weight is 422 g/mol. The summed E-state index contributed by atoms with van der Waals surface area (Å²) in [5.41, 5.74) is 6.91. The molecule has 152 valence electrons. The number of nitrogens with two attached hydrogens (primary N) is 1. The van der Waals surface area contributed by atoms with Crippen LogP contribution in [0.3, 0.4) is 0 Å². The molecular formula is C20H17F3N2O3S. The number of fused-ring (bicyclic) bond motifs is 3. The number of hydrogen-bond acceptors (Lipinski definition) is 4. The third kappa shape index (κ3) is 3.81. The molecule has 1 aliphatic heterocycles. The van der Waals surface area contributed by atoms with Crippen LogP contribution in [0, 0.1) is 17.5 Å². The highest BCUT2D eigenvalue weighted by Gasteiger charge is 2.32. The van der Waals surface area contributed by atoms with Gasteiger partial charge in [-0.2, -0.15) is 0 Å². The van der Waals surface area contributed by atoms with E-state index in [1.54, 1.807) is 24.3 Å². The van der Waals surface area contributed by atoms with E-state index in [1.165, 1.54) is 6.26 Å². The summed E-state index contributed by atoms with van der Waals surface area (Å²) in [6.07, 6.45) is 0.858. The second kappa shape index (κ2) is 7.66. The summed E-state index contributed by atoms with van der Waals surface area (Å²) in [6.45, 7) is 0. The van der Waals surface area contributed by atoms with Gasteiger partial charge in [0.1, 0.15) is 34.4 Å². The number of rotatable bonds is 4. The van der Waals surface area contributed by atoms with E-state index < -0.39 is 40.6 Å². The molecule has 3 unspecified atom stereocenters. The number of ether oxygens (including phenoxy) is 1. The monoisotopic (exact) mass is 422 g/mol. The summed E-state index contributed by atoms with van der Waals surface area (Å²) >= 11 is 0. The molecule has 29 heavy (non-hydrogen) atoms. The van der Waals surface area contributed by atoms with Crippen LogP contribution >= 0.6 is 0 Å². The highest BCUT2D eigenvalue weighted by molar-refractivity contribution is 7.82. The second-order valence-corrected chi connectivity index (χ2v) is 7.83. The zero-order valence-corrected chi connectivity index (χ0v) is 16.1. The standard InChI is InChI=1S/C20H17F3N2O3S/c1-29(26)25-28-11-3-4-12-10(6-11)2-5-19-13(12)8-18(24)20(27-19)14-7-16(22)17(23)9-15(14)21/h2-7,9,18,20,25H,8,24H2,1H3. The van der Waals surface area contributed by atoms with E-state index in [2.05, 4.69) is 4.89 Å². The van der Waals surface area contributed by atoms with E-state index in [4.69, 9.17) is 15.3 Å². The molecule has 1 aliphatic rings. The first kappa shape index (κ1) is 19.7. The van der Waals surface area contributed by atoms with Gasteiger partial charge in [-0.3, -0.25) is 0 Å². The summed E-state index contributed by atoms with van der Waals surface area (Å²) in [4.78, 5) is 7.60. The molecule has 0 saturated heterocycles. The lowest BCUT2D eigenvalue weighted by molar-refractivity contribution is 0.149. The maximum atomic E-state index is 14.2. The minimum Gasteiger partial charge on any atom is -0.484 e. The molecule has 1 heterocycles. The van der Waals surface area contributed by atoms with Crippen molar-refractivity contribution in [3.8, 4) is 11.5 Å². The normalized spacial score (nSPS) is 19.5. The van der Waals surface area contributed by atoms with Crippen LogP contribution in [0.4, 0.5) is 13.2 Å². The lowest BCUT2D eigenvalue weighted by atomic mass is 9.90. The van der Waals surface area contributed by atoms with E-state index in [0.717, 1.165) is 22.4 Å². The SMILES string of the molecule is CS(=O)NOc1ccc2c3c(ccc2c1)OC(c1cc(F)c(F)cc1F)C(N)C3. The van der Waals surface area contributed by atoms with Crippen molar-refractivity contribution in [1.29, 1.82) is 0 Å². The first-order chi connectivity index (χ1) is 13.8. The van der Waals surface area contributed by atoms with Crippen LogP contribution in [-0.4, -0.2) is 16.5 Å². The molecule has 0 aliphatic carbocycles. The van der Waals surface area contributed by atoms with Crippen molar-refractivity contribution in [3.63, 3.8) is 0 Å². The lowest BCUT2D eigenvalue weighted by Gasteiger charge is -2.32. The van der Waals surface area contributed by atoms with Gasteiger partial charge in [0.2, 0.25) is 0 Å². The molecule has 0 radical (unpaired) electrons. The molecule has 4 rings (SSSR count). The summed E-state index contributed by atoms with van der Waals surface area (Å²) in [6, 6.07) is 9.41. The van der Waals surface area contributed by atoms with Crippen molar-refractivity contribution in [2.75, 3.05) is 6.26 Å². The minimum absolute atomic E-state index is 0.121. The molecule has 0 spiro atoms. The zero-order chi connectivity index (χ0) is 20.7. The van der Waals surface area contributed by atoms with Crippen LogP contribution in [0.25, 0.3) is 10.8 Å². The Hall–Kier alpha value is -2.62. The molecule has 0 amide bonds. The van der Waals surface area contributed by atoms with Crippen molar-refractivity contribution in [3.05, 3.63) is 71.0 Å². The van der Waals surface area contributed by atoms with Gasteiger partial charge >= 0.3 is 0 Å². The maximum absolute atomic E-state index is 14.2. The van der Waals surface area contributed by atoms with Crippen LogP contribution in [-0.2, 0) is 17.4 Å². The smallest absolute Gasteiger partial charge is 0.161 e. The quantitative estimate of drug-likeness (QED) is 0.499. The molecule has 3 aromatic carbocycles. The predicted molar refractivity (Wildman–Crippen MR) is 103 cm³/mol. The average Bonchev–Trinajstić information content (AvgIpc) is 2.68. The number of nitrogens with one attached hydrogen (secondary N) is 1. The highest BCUT2D eigenvalue weighted by atomic mass is 32.2. The Balaban J connectivity index is 1.68. The molecule has 0 saturated carbocycles. The third-order valence-electron chi connectivity index (χ3n) is 4.77. The third-order valence-corrected chi connectivity index (χ3v) is 5.08. The van der Waals surface area contributed by atoms with E-state index in [9.17, 15) is 17.4 Å². The van der Waals surface area contributed by atoms with Gasteiger partial charge in [0.05, 0.1) is 6.04 Å². The van der Waals surface area contributed by atoms with E-state index in [0.29, 0.717) is 24.0 Å². The van der Waals surface area contributed by atoms with Gasteiger partial charge in [-0.15, -0.1) is 0 Å². The van der Waals surface area contributed by atoms with Crippen molar-refractivity contribution in [2.45, 2.75) is 18.6 Å². The van der Waals surface area contributed by atoms with E-state index >= 15 is 0 Å². The number of hydrogen-bond donors (Lipinski definition) is 2. The zero-order valence-electron chi connectivity index (χ0n) is 15.2. The highest BCUT2D eigenvalue weighted by Crippen LogP contribution is 2.40. The van der Waals surface area contributed by atoms with Crippen LogP contribution in [0.1, 0.15) is 17.2 Å². The maximum Gasteiger partial charge on any atom is 0.161 e. The molecule has 9 heteroatoms. The Morgan fingerprint density at radius 3 is 2.62 bits per heavy atom. The number of benzene rings is 3. The Kier molecular flexibility index (Phi) is 5.20. The minimum atomic E-state index is -1.32. The first-order valence-corrected chi connectivity index (χ1v) is 10.3. The van der Waals surface area contributed by atoms with Crippen molar-refractivity contribution >= 4 is 21.8 Å². The molecule has 3 aromatic rings. The fraction of sp³-hybridized carbons (Fsp3) is 0.200. The Morgan fingerprint density at radius 2 is 1.86 bits per heavy atom. The summed E-state index contributed by atoms with van der Waals surface area (Å²) in [5.74, 6) is -2.35. The summed E-state index contributed by atoms with van der Waals surface area (Å²) in [5, 5.41) is 1.71. The fourth-order valence-corrected chi connectivity index (χ4v) is 3.67. The Bertz CT molecular complexity index is 1130. The van der Waals surface area contributed by atoms with Gasteiger partial charge in [0.25, 0.3) is 0 Å². The topological polar surface area (TPSA) is 73.6 Å². The molecule has 5 nitrogen and oxygen atoms in total. The first-order valence-electron chi connectivity index (χ1n) is 8.71. The van der Waals surface area contributed by atoms with Crippen LogP contribution in [0.15, 0.2) is 42.5 Å². The van der Waals surface area contributed by atoms with Crippen LogP contribution in [0.5, 0.6) is 11.5 Å². The fourth-order valence-electron chi connectivity index (χ4n) is 3.46. The number of halogens is 3. The largest absolute Gasteiger partial charge is 0.484 e. The van der Waals surface area contributed by atoms with Crippen molar-refractivity contribution in [1.82, 2.24) is 4.89 Å². The lowest BCUT2D eigenvalue weighted by Crippen LogP contribution is -2.38. The molecular weight excluding hydrogens is 405 g/mol. The van der Waals surface area contributed by atoms with Gasteiger partial charge < -0.3 is 15.3 Å². The van der Waals surface area contributed by atoms with Crippen molar-refractivity contribution < 1.29 is 27.0 Å². The van der Waals surface area contributed by atoms with Gasteiger partial charge in [0.15, 0.2) is 11.6 Å². The van der Waals surface area contributed by atoms with Crippen LogP contribution < -0.4 is 20.2 Å². The van der Waals surface area contributed by atoms with E-state index in [-0.39, 0.29) is 5.56 Å². The molecule has 0 aromatic heterocycles. The van der Waals surface area contributed by atoms with Gasteiger partial charge in [-0.25, -0.2) is 17.4 Å². The Morgan fingerprint density at radius 1 is 1.10 bits per heavy atom. The molecule has 3 N–H and O–H groups in total.